The fourth-order valence-electron chi connectivity index (χ4n) is 3.29. The van der Waals surface area contributed by atoms with Crippen molar-refractivity contribution in [2.24, 2.45) is 7.05 Å². The summed E-state index contributed by atoms with van der Waals surface area (Å²) in [6, 6.07) is 9.98. The molecule has 9 heteroatoms. The second kappa shape index (κ2) is 8.15. The second-order valence-corrected chi connectivity index (χ2v) is 8.11. The molecule has 7 nitrogen and oxygen atoms in total. The molecule has 1 aliphatic heterocycles. The first-order chi connectivity index (χ1) is 13.6. The van der Waals surface area contributed by atoms with Gasteiger partial charge in [-0.3, -0.25) is 5.10 Å². The molecular formula is C19H22N6OS2. The third-order valence-electron chi connectivity index (χ3n) is 4.90. The third kappa shape index (κ3) is 4.10. The van der Waals surface area contributed by atoms with Crippen LogP contribution in [0.5, 0.6) is 0 Å². The summed E-state index contributed by atoms with van der Waals surface area (Å²) in [6.45, 7) is 2.45. The summed E-state index contributed by atoms with van der Waals surface area (Å²) in [4.78, 5) is 16.0. The largest absolute Gasteiger partial charge is 0.367 e. The average Bonchev–Trinajstić information content (AvgIpc) is 3.29. The lowest BCUT2D eigenvalue weighted by Crippen LogP contribution is -2.31. The summed E-state index contributed by atoms with van der Waals surface area (Å²) in [5.41, 5.74) is 3.37. The molecule has 2 amide bonds. The molecule has 146 valence electrons. The first kappa shape index (κ1) is 18.7. The lowest BCUT2D eigenvalue weighted by molar-refractivity contribution is 0.252. The zero-order chi connectivity index (χ0) is 19.5. The number of thiophene rings is 1. The molecule has 4 rings (SSSR count). The molecule has 3 N–H and O–H groups in total. The van der Waals surface area contributed by atoms with E-state index >= 15 is 0 Å². The highest BCUT2D eigenvalue weighted by molar-refractivity contribution is 7.71. The molecule has 28 heavy (non-hydrogen) atoms. The Bertz CT molecular complexity index is 1020. The number of H-pyrrole nitrogens is 1. The van der Waals surface area contributed by atoms with E-state index in [-0.39, 0.29) is 6.03 Å². The van der Waals surface area contributed by atoms with Crippen LogP contribution in [0.1, 0.15) is 16.3 Å². The Kier molecular flexibility index (Phi) is 5.45. The molecular weight excluding hydrogens is 392 g/mol. The van der Waals surface area contributed by atoms with Gasteiger partial charge in [-0.05, 0) is 59.9 Å². The molecule has 0 unspecified atom stereocenters. The SMILES string of the molecule is Cn1c(CCNC(=O)Nc2ccc(N3CCc4sccc4C3)cc2)n[nH]c1=S. The topological polar surface area (TPSA) is 78.0 Å². The predicted octanol–water partition coefficient (Wildman–Crippen LogP) is 3.47. The number of rotatable bonds is 5. The maximum Gasteiger partial charge on any atom is 0.319 e. The highest BCUT2D eigenvalue weighted by atomic mass is 32.1. The predicted molar refractivity (Wildman–Crippen MR) is 115 cm³/mol. The number of carbonyl (C=O) groups excluding carboxylic acids is 1. The molecule has 0 radical (unpaired) electrons. The molecule has 0 saturated carbocycles. The normalized spacial score (nSPS) is 13.2. The number of aromatic amines is 1. The number of urea groups is 1. The van der Waals surface area contributed by atoms with E-state index in [2.05, 4.69) is 49.3 Å². The first-order valence-electron chi connectivity index (χ1n) is 9.15. The van der Waals surface area contributed by atoms with Gasteiger partial charge in [0, 0.05) is 49.4 Å². The minimum Gasteiger partial charge on any atom is -0.367 e. The molecule has 1 aromatic carbocycles. The Morgan fingerprint density at radius 2 is 2.14 bits per heavy atom. The molecule has 3 aromatic rings. The zero-order valence-electron chi connectivity index (χ0n) is 15.6. The van der Waals surface area contributed by atoms with Crippen LogP contribution in [0.2, 0.25) is 0 Å². The van der Waals surface area contributed by atoms with E-state index in [1.807, 2.05) is 30.5 Å². The van der Waals surface area contributed by atoms with Crippen molar-refractivity contribution in [1.82, 2.24) is 20.1 Å². The smallest absolute Gasteiger partial charge is 0.319 e. The molecule has 0 fully saturated rings. The summed E-state index contributed by atoms with van der Waals surface area (Å²) in [6.07, 6.45) is 1.70. The fourth-order valence-corrected chi connectivity index (χ4v) is 4.33. The highest BCUT2D eigenvalue weighted by Crippen LogP contribution is 2.28. The number of carbonyl (C=O) groups is 1. The standard InChI is InChI=1S/C19H22N6OS2/c1-24-17(22-23-19(24)27)6-9-20-18(26)21-14-2-4-15(5-3-14)25-10-7-16-13(12-25)8-11-28-16/h2-5,8,11H,6-7,9-10,12H2,1H3,(H,23,27)(H2,20,21,26). The van der Waals surface area contributed by atoms with Crippen molar-refractivity contribution in [2.75, 3.05) is 23.3 Å². The maximum absolute atomic E-state index is 12.1. The number of benzene rings is 1. The van der Waals surface area contributed by atoms with E-state index in [1.165, 1.54) is 16.1 Å². The van der Waals surface area contributed by atoms with Crippen molar-refractivity contribution >= 4 is 41.0 Å². The average molecular weight is 415 g/mol. The summed E-state index contributed by atoms with van der Waals surface area (Å²) in [5.74, 6) is 0.810. The molecule has 0 spiro atoms. The Balaban J connectivity index is 1.28. The summed E-state index contributed by atoms with van der Waals surface area (Å²) >= 11 is 6.92. The van der Waals surface area contributed by atoms with E-state index in [0.29, 0.717) is 17.7 Å². The molecule has 0 atom stereocenters. The van der Waals surface area contributed by atoms with Crippen LogP contribution in [0.4, 0.5) is 16.2 Å². The van der Waals surface area contributed by atoms with Gasteiger partial charge in [-0.25, -0.2) is 4.79 Å². The zero-order valence-corrected chi connectivity index (χ0v) is 17.2. The van der Waals surface area contributed by atoms with Gasteiger partial charge in [0.2, 0.25) is 0 Å². The van der Waals surface area contributed by atoms with Crippen molar-refractivity contribution < 1.29 is 4.79 Å². The number of fused-ring (bicyclic) bond motifs is 1. The number of amides is 2. The van der Waals surface area contributed by atoms with Crippen molar-refractivity contribution in [3.63, 3.8) is 0 Å². The van der Waals surface area contributed by atoms with E-state index in [4.69, 9.17) is 12.2 Å². The van der Waals surface area contributed by atoms with E-state index < -0.39 is 0 Å². The number of anilines is 2. The van der Waals surface area contributed by atoms with Gasteiger partial charge >= 0.3 is 6.03 Å². The van der Waals surface area contributed by atoms with Crippen LogP contribution in [-0.4, -0.2) is 33.9 Å². The number of nitrogens with one attached hydrogen (secondary N) is 3. The maximum atomic E-state index is 12.1. The van der Waals surface area contributed by atoms with E-state index in [0.717, 1.165) is 31.0 Å². The van der Waals surface area contributed by atoms with Gasteiger partial charge < -0.3 is 20.1 Å². The fraction of sp³-hybridized carbons (Fsp3) is 0.316. The van der Waals surface area contributed by atoms with Crippen LogP contribution < -0.4 is 15.5 Å². The van der Waals surface area contributed by atoms with Crippen molar-refractivity contribution in [1.29, 1.82) is 0 Å². The molecule has 0 bridgehead atoms. The van der Waals surface area contributed by atoms with Gasteiger partial charge in [-0.2, -0.15) is 5.10 Å². The monoisotopic (exact) mass is 414 g/mol. The first-order valence-corrected chi connectivity index (χ1v) is 10.4. The third-order valence-corrected chi connectivity index (χ3v) is 6.29. The number of hydrogen-bond acceptors (Lipinski definition) is 5. The minimum atomic E-state index is -0.231. The minimum absolute atomic E-state index is 0.231. The van der Waals surface area contributed by atoms with E-state index in [9.17, 15) is 4.79 Å². The van der Waals surface area contributed by atoms with Gasteiger partial charge in [-0.1, -0.05) is 0 Å². The van der Waals surface area contributed by atoms with Crippen LogP contribution in [0.15, 0.2) is 35.7 Å². The molecule has 1 aliphatic rings. The summed E-state index contributed by atoms with van der Waals surface area (Å²) in [7, 11) is 1.85. The Morgan fingerprint density at radius 3 is 2.89 bits per heavy atom. The van der Waals surface area contributed by atoms with Gasteiger partial charge in [0.15, 0.2) is 4.77 Å². The van der Waals surface area contributed by atoms with Gasteiger partial charge in [0.1, 0.15) is 5.82 Å². The van der Waals surface area contributed by atoms with Gasteiger partial charge in [0.25, 0.3) is 0 Å². The van der Waals surface area contributed by atoms with Crippen LogP contribution in [-0.2, 0) is 26.4 Å². The van der Waals surface area contributed by atoms with Gasteiger partial charge in [-0.15, -0.1) is 11.3 Å². The van der Waals surface area contributed by atoms with Crippen LogP contribution in [0, 0.1) is 4.77 Å². The Morgan fingerprint density at radius 1 is 1.32 bits per heavy atom. The summed E-state index contributed by atoms with van der Waals surface area (Å²) in [5, 5.41) is 14.7. The quantitative estimate of drug-likeness (QED) is 0.559. The lowest BCUT2D eigenvalue weighted by atomic mass is 10.1. The van der Waals surface area contributed by atoms with Crippen molar-refractivity contribution in [3.05, 3.63) is 56.7 Å². The molecule has 0 saturated heterocycles. The van der Waals surface area contributed by atoms with E-state index in [1.54, 1.807) is 4.57 Å². The molecule has 3 heterocycles. The van der Waals surface area contributed by atoms with Crippen LogP contribution in [0.3, 0.4) is 0 Å². The Labute approximate surface area is 172 Å². The molecule has 2 aromatic heterocycles. The van der Waals surface area contributed by atoms with Crippen molar-refractivity contribution in [2.45, 2.75) is 19.4 Å². The second-order valence-electron chi connectivity index (χ2n) is 6.72. The summed E-state index contributed by atoms with van der Waals surface area (Å²) < 4.78 is 2.37. The molecule has 0 aliphatic carbocycles. The number of aromatic nitrogens is 3. The highest BCUT2D eigenvalue weighted by Gasteiger charge is 2.17. The van der Waals surface area contributed by atoms with Crippen LogP contribution >= 0.6 is 23.6 Å². The number of hydrogen-bond donors (Lipinski definition) is 3. The lowest BCUT2D eigenvalue weighted by Gasteiger charge is -2.29. The van der Waals surface area contributed by atoms with Crippen molar-refractivity contribution in [3.8, 4) is 0 Å². The Hall–Kier alpha value is -2.65. The number of nitrogens with zero attached hydrogens (tertiary/aromatic N) is 3. The van der Waals surface area contributed by atoms with Crippen LogP contribution in [0.25, 0.3) is 0 Å². The van der Waals surface area contributed by atoms with Gasteiger partial charge in [0.05, 0.1) is 0 Å².